The quantitative estimate of drug-likeness (QED) is 0.840. The van der Waals surface area contributed by atoms with Crippen molar-refractivity contribution in [3.05, 3.63) is 29.3 Å². The molecule has 0 amide bonds. The van der Waals surface area contributed by atoms with Crippen LogP contribution in [0, 0.1) is 6.92 Å². The Kier molecular flexibility index (Phi) is 3.60. The standard InChI is InChI=1S/C10H10F2O3/c1-6-2-3-7(10(13)14)4-8(6)15-5-9(11)12/h2-4,9H,5H2,1H3,(H,13,14). The number of rotatable bonds is 4. The highest BCUT2D eigenvalue weighted by molar-refractivity contribution is 5.88. The van der Waals surface area contributed by atoms with Gasteiger partial charge in [-0.25, -0.2) is 13.6 Å². The van der Waals surface area contributed by atoms with Gasteiger partial charge in [0, 0.05) is 0 Å². The maximum absolute atomic E-state index is 11.9. The summed E-state index contributed by atoms with van der Waals surface area (Å²) in [6, 6.07) is 4.15. The van der Waals surface area contributed by atoms with Crippen LogP contribution in [0.15, 0.2) is 18.2 Å². The highest BCUT2D eigenvalue weighted by Gasteiger charge is 2.09. The highest BCUT2D eigenvalue weighted by atomic mass is 19.3. The summed E-state index contributed by atoms with van der Waals surface area (Å²) >= 11 is 0. The van der Waals surface area contributed by atoms with Gasteiger partial charge in [0.2, 0.25) is 0 Å². The summed E-state index contributed by atoms with van der Waals surface area (Å²) in [4.78, 5) is 10.6. The molecule has 0 aliphatic rings. The van der Waals surface area contributed by atoms with Crippen LogP contribution in [0.5, 0.6) is 5.75 Å². The Hall–Kier alpha value is -1.65. The molecule has 0 saturated carbocycles. The second-order valence-corrected chi connectivity index (χ2v) is 2.99. The molecule has 0 atom stereocenters. The van der Waals surface area contributed by atoms with Gasteiger partial charge in [0.15, 0.2) is 0 Å². The van der Waals surface area contributed by atoms with E-state index in [0.717, 1.165) is 0 Å². The van der Waals surface area contributed by atoms with Gasteiger partial charge in [0.05, 0.1) is 5.56 Å². The first kappa shape index (κ1) is 11.4. The van der Waals surface area contributed by atoms with Gasteiger partial charge in [-0.2, -0.15) is 0 Å². The van der Waals surface area contributed by atoms with Crippen LogP contribution in [0.3, 0.4) is 0 Å². The summed E-state index contributed by atoms with van der Waals surface area (Å²) in [5, 5.41) is 8.67. The van der Waals surface area contributed by atoms with Gasteiger partial charge < -0.3 is 9.84 Å². The van der Waals surface area contributed by atoms with E-state index >= 15 is 0 Å². The van der Waals surface area contributed by atoms with Crippen LogP contribution >= 0.6 is 0 Å². The number of hydrogen-bond donors (Lipinski definition) is 1. The molecule has 0 aliphatic carbocycles. The Balaban J connectivity index is 2.85. The first-order chi connectivity index (χ1) is 7.00. The van der Waals surface area contributed by atoms with E-state index in [-0.39, 0.29) is 11.3 Å². The molecule has 0 unspecified atom stereocenters. The normalized spacial score (nSPS) is 10.4. The Bertz CT molecular complexity index is 364. The van der Waals surface area contributed by atoms with Crippen LogP contribution in [0.25, 0.3) is 0 Å². The van der Waals surface area contributed by atoms with E-state index in [1.54, 1.807) is 6.92 Å². The van der Waals surface area contributed by atoms with Crippen molar-refractivity contribution in [2.24, 2.45) is 0 Å². The summed E-state index contributed by atoms with van der Waals surface area (Å²) in [5.41, 5.74) is 0.644. The summed E-state index contributed by atoms with van der Waals surface area (Å²) in [7, 11) is 0. The predicted octanol–water partition coefficient (Wildman–Crippen LogP) is 2.34. The lowest BCUT2D eigenvalue weighted by Crippen LogP contribution is -2.08. The lowest BCUT2D eigenvalue weighted by Gasteiger charge is -2.08. The number of halogens is 2. The fraction of sp³-hybridized carbons (Fsp3) is 0.300. The summed E-state index contributed by atoms with van der Waals surface area (Å²) in [5.74, 6) is -0.938. The molecule has 0 heterocycles. The van der Waals surface area contributed by atoms with Crippen molar-refractivity contribution in [3.63, 3.8) is 0 Å². The predicted molar refractivity (Wildman–Crippen MR) is 49.6 cm³/mol. The molecule has 0 saturated heterocycles. The van der Waals surface area contributed by atoms with E-state index in [0.29, 0.717) is 5.56 Å². The fourth-order valence-electron chi connectivity index (χ4n) is 1.04. The number of ether oxygens (including phenoxy) is 1. The number of aromatic carboxylic acids is 1. The van der Waals surface area contributed by atoms with Gasteiger partial charge >= 0.3 is 5.97 Å². The fourth-order valence-corrected chi connectivity index (χ4v) is 1.04. The topological polar surface area (TPSA) is 46.5 Å². The number of carboxylic acid groups (broad SMARTS) is 1. The smallest absolute Gasteiger partial charge is 0.335 e. The molecule has 0 radical (unpaired) electrons. The minimum Gasteiger partial charge on any atom is -0.487 e. The lowest BCUT2D eigenvalue weighted by molar-refractivity contribution is 0.0695. The zero-order valence-corrected chi connectivity index (χ0v) is 8.04. The molecule has 1 aromatic rings. The lowest BCUT2D eigenvalue weighted by atomic mass is 10.1. The number of hydrogen-bond acceptors (Lipinski definition) is 2. The molecule has 82 valence electrons. The molecule has 1 rings (SSSR count). The van der Waals surface area contributed by atoms with Crippen LogP contribution in [-0.2, 0) is 0 Å². The number of carboxylic acids is 1. The molecule has 0 spiro atoms. The average Bonchev–Trinajstić information content (AvgIpc) is 2.16. The second kappa shape index (κ2) is 4.72. The Morgan fingerprint density at radius 1 is 1.53 bits per heavy atom. The molecule has 3 nitrogen and oxygen atoms in total. The molecular weight excluding hydrogens is 206 g/mol. The molecule has 1 aromatic carbocycles. The van der Waals surface area contributed by atoms with Gasteiger partial charge in [-0.05, 0) is 24.6 Å². The van der Waals surface area contributed by atoms with Crippen LogP contribution in [-0.4, -0.2) is 24.1 Å². The van der Waals surface area contributed by atoms with Crippen molar-refractivity contribution >= 4 is 5.97 Å². The van der Waals surface area contributed by atoms with Gasteiger partial charge in [-0.15, -0.1) is 0 Å². The molecular formula is C10H10F2O3. The third-order valence-electron chi connectivity index (χ3n) is 1.80. The molecule has 0 aromatic heterocycles. The Morgan fingerprint density at radius 3 is 2.73 bits per heavy atom. The first-order valence-corrected chi connectivity index (χ1v) is 4.25. The summed E-state index contributed by atoms with van der Waals surface area (Å²) in [6.07, 6.45) is -2.57. The maximum atomic E-state index is 11.9. The number of carbonyl (C=O) groups is 1. The number of benzene rings is 1. The van der Waals surface area contributed by atoms with E-state index in [9.17, 15) is 13.6 Å². The molecule has 0 fully saturated rings. The summed E-state index contributed by atoms with van der Waals surface area (Å²) in [6.45, 7) is 0.927. The second-order valence-electron chi connectivity index (χ2n) is 2.99. The van der Waals surface area contributed by atoms with Crippen molar-refractivity contribution in [2.75, 3.05) is 6.61 Å². The largest absolute Gasteiger partial charge is 0.487 e. The molecule has 5 heteroatoms. The van der Waals surface area contributed by atoms with Gasteiger partial charge in [-0.3, -0.25) is 0 Å². The van der Waals surface area contributed by atoms with Gasteiger partial charge in [0.25, 0.3) is 6.43 Å². The minimum absolute atomic E-state index is 0.0184. The van der Waals surface area contributed by atoms with Crippen LogP contribution < -0.4 is 4.74 Å². The summed E-state index contributed by atoms with van der Waals surface area (Å²) < 4.78 is 28.5. The van der Waals surface area contributed by atoms with E-state index < -0.39 is 19.0 Å². The van der Waals surface area contributed by atoms with Crippen molar-refractivity contribution < 1.29 is 23.4 Å². The van der Waals surface area contributed by atoms with Crippen molar-refractivity contribution in [1.82, 2.24) is 0 Å². The highest BCUT2D eigenvalue weighted by Crippen LogP contribution is 2.20. The average molecular weight is 216 g/mol. The monoisotopic (exact) mass is 216 g/mol. The van der Waals surface area contributed by atoms with Crippen molar-refractivity contribution in [1.29, 1.82) is 0 Å². The van der Waals surface area contributed by atoms with E-state index in [1.807, 2.05) is 0 Å². The molecule has 1 N–H and O–H groups in total. The Labute approximate surface area is 85.3 Å². The van der Waals surface area contributed by atoms with E-state index in [4.69, 9.17) is 9.84 Å². The van der Waals surface area contributed by atoms with Gasteiger partial charge in [0.1, 0.15) is 12.4 Å². The Morgan fingerprint density at radius 2 is 2.20 bits per heavy atom. The number of alkyl halides is 2. The first-order valence-electron chi connectivity index (χ1n) is 4.25. The zero-order chi connectivity index (χ0) is 11.4. The molecule has 15 heavy (non-hydrogen) atoms. The minimum atomic E-state index is -2.57. The van der Waals surface area contributed by atoms with Crippen LogP contribution in [0.4, 0.5) is 8.78 Å². The molecule has 0 aliphatic heterocycles. The number of aryl methyl sites for hydroxylation is 1. The van der Waals surface area contributed by atoms with Crippen molar-refractivity contribution in [2.45, 2.75) is 13.3 Å². The third-order valence-corrected chi connectivity index (χ3v) is 1.80. The van der Waals surface area contributed by atoms with Crippen molar-refractivity contribution in [3.8, 4) is 5.75 Å². The maximum Gasteiger partial charge on any atom is 0.335 e. The van der Waals surface area contributed by atoms with E-state index in [1.165, 1.54) is 18.2 Å². The van der Waals surface area contributed by atoms with Crippen LogP contribution in [0.2, 0.25) is 0 Å². The molecule has 0 bridgehead atoms. The zero-order valence-electron chi connectivity index (χ0n) is 8.04. The van der Waals surface area contributed by atoms with Gasteiger partial charge in [-0.1, -0.05) is 6.07 Å². The van der Waals surface area contributed by atoms with E-state index in [2.05, 4.69) is 0 Å². The third kappa shape index (κ3) is 3.19. The SMILES string of the molecule is Cc1ccc(C(=O)O)cc1OCC(F)F. The van der Waals surface area contributed by atoms with Crippen LogP contribution in [0.1, 0.15) is 15.9 Å².